The molecule has 6 heteroatoms. The van der Waals surface area contributed by atoms with Gasteiger partial charge in [-0.25, -0.2) is 4.99 Å². The first-order valence-electron chi connectivity index (χ1n) is 13.2. The molecule has 0 spiro atoms. The molecule has 1 aromatic carbocycles. The quantitative estimate of drug-likeness (QED) is 0.561. The first-order chi connectivity index (χ1) is 16.5. The van der Waals surface area contributed by atoms with Crippen LogP contribution in [0.25, 0.3) is 0 Å². The second kappa shape index (κ2) is 11.5. The van der Waals surface area contributed by atoms with E-state index in [0.29, 0.717) is 23.6 Å². The van der Waals surface area contributed by atoms with Gasteiger partial charge < -0.3 is 15.1 Å². The molecule has 1 saturated carbocycles. The van der Waals surface area contributed by atoms with Gasteiger partial charge in [-0.3, -0.25) is 9.59 Å². The normalized spacial score (nSPS) is 22.8. The highest BCUT2D eigenvalue weighted by Gasteiger charge is 2.29. The van der Waals surface area contributed by atoms with Crippen LogP contribution in [0.4, 0.5) is 5.69 Å². The van der Waals surface area contributed by atoms with Gasteiger partial charge in [-0.1, -0.05) is 19.4 Å². The van der Waals surface area contributed by atoms with Crippen LogP contribution >= 0.6 is 0 Å². The lowest BCUT2D eigenvalue weighted by atomic mass is 9.88. The number of anilines is 1. The molecule has 2 amide bonds. The summed E-state index contributed by atoms with van der Waals surface area (Å²) in [4.78, 5) is 34.8. The SMILES string of the molecule is CCN(c1cc(C(C)C)cc(C(=O)NCC2C(=O)N=C(C)C=C2C)c1C)C1CCC(N(C)C)CC1. The Morgan fingerprint density at radius 2 is 1.71 bits per heavy atom. The van der Waals surface area contributed by atoms with Gasteiger partial charge in [0.15, 0.2) is 0 Å². The molecule has 1 fully saturated rings. The molecule has 1 aromatic rings. The Hall–Kier alpha value is -2.47. The summed E-state index contributed by atoms with van der Waals surface area (Å²) in [6, 6.07) is 5.46. The average Bonchev–Trinajstić information content (AvgIpc) is 2.79. The minimum Gasteiger partial charge on any atom is -0.369 e. The molecule has 2 aliphatic rings. The Kier molecular flexibility index (Phi) is 8.92. The van der Waals surface area contributed by atoms with Gasteiger partial charge in [0.2, 0.25) is 0 Å². The summed E-state index contributed by atoms with van der Waals surface area (Å²) in [5.74, 6) is -0.381. The van der Waals surface area contributed by atoms with Gasteiger partial charge in [-0.15, -0.1) is 0 Å². The Labute approximate surface area is 211 Å². The summed E-state index contributed by atoms with van der Waals surface area (Å²) in [7, 11) is 4.35. The number of hydrogen-bond donors (Lipinski definition) is 1. The van der Waals surface area contributed by atoms with Gasteiger partial charge in [-0.05, 0) is 103 Å². The molecule has 1 unspecified atom stereocenters. The molecule has 1 N–H and O–H groups in total. The third-order valence-electron chi connectivity index (χ3n) is 7.84. The van der Waals surface area contributed by atoms with Crippen LogP contribution in [0.15, 0.2) is 28.8 Å². The lowest BCUT2D eigenvalue weighted by Crippen LogP contribution is -2.42. The number of carbonyl (C=O) groups excluding carboxylic acids is 2. The fourth-order valence-corrected chi connectivity index (χ4v) is 5.55. The third kappa shape index (κ3) is 6.21. The van der Waals surface area contributed by atoms with Crippen molar-refractivity contribution in [1.29, 1.82) is 0 Å². The smallest absolute Gasteiger partial charge is 0.254 e. The highest BCUT2D eigenvalue weighted by atomic mass is 16.2. The second-order valence-electron chi connectivity index (χ2n) is 10.8. The summed E-state index contributed by atoms with van der Waals surface area (Å²) < 4.78 is 0. The molecule has 1 atom stereocenters. The number of carbonyl (C=O) groups is 2. The number of nitrogens with one attached hydrogen (secondary N) is 1. The van der Waals surface area contributed by atoms with Gasteiger partial charge in [0.05, 0.1) is 5.92 Å². The molecular formula is C29H44N4O2. The molecule has 0 aromatic heterocycles. The van der Waals surface area contributed by atoms with Crippen LogP contribution in [-0.4, -0.2) is 61.7 Å². The molecule has 0 saturated heterocycles. The van der Waals surface area contributed by atoms with E-state index in [1.807, 2.05) is 26.0 Å². The van der Waals surface area contributed by atoms with Crippen molar-refractivity contribution in [3.63, 3.8) is 0 Å². The highest BCUT2D eigenvalue weighted by molar-refractivity contribution is 6.06. The van der Waals surface area contributed by atoms with E-state index in [-0.39, 0.29) is 18.4 Å². The lowest BCUT2D eigenvalue weighted by Gasteiger charge is -2.40. The fraction of sp³-hybridized carbons (Fsp3) is 0.621. The minimum atomic E-state index is -0.394. The number of dihydropyridines is 1. The van der Waals surface area contributed by atoms with Crippen LogP contribution in [0, 0.1) is 12.8 Å². The van der Waals surface area contributed by atoms with E-state index in [0.717, 1.165) is 23.4 Å². The van der Waals surface area contributed by atoms with Crippen molar-refractivity contribution >= 4 is 23.2 Å². The first-order valence-corrected chi connectivity index (χ1v) is 13.2. The Morgan fingerprint density at radius 1 is 1.09 bits per heavy atom. The summed E-state index contributed by atoms with van der Waals surface area (Å²) >= 11 is 0. The Morgan fingerprint density at radius 3 is 2.26 bits per heavy atom. The summed E-state index contributed by atoms with van der Waals surface area (Å²) in [6.07, 6.45) is 6.66. The van der Waals surface area contributed by atoms with Crippen molar-refractivity contribution in [2.45, 2.75) is 85.2 Å². The van der Waals surface area contributed by atoms with Gasteiger partial charge in [-0.2, -0.15) is 0 Å². The van der Waals surface area contributed by atoms with E-state index in [1.54, 1.807) is 0 Å². The van der Waals surface area contributed by atoms with Gasteiger partial charge >= 0.3 is 0 Å². The fourth-order valence-electron chi connectivity index (χ4n) is 5.55. The van der Waals surface area contributed by atoms with Crippen LogP contribution in [0.5, 0.6) is 0 Å². The molecule has 1 aliphatic heterocycles. The highest BCUT2D eigenvalue weighted by Crippen LogP contribution is 2.34. The molecule has 1 aliphatic carbocycles. The van der Waals surface area contributed by atoms with Crippen molar-refractivity contribution in [3.05, 3.63) is 40.5 Å². The van der Waals surface area contributed by atoms with E-state index in [9.17, 15) is 9.59 Å². The summed E-state index contributed by atoms with van der Waals surface area (Å²) in [5, 5.41) is 3.04. The number of amides is 2. The zero-order chi connectivity index (χ0) is 25.9. The Bertz CT molecular complexity index is 1000. The van der Waals surface area contributed by atoms with Gasteiger partial charge in [0.25, 0.3) is 11.8 Å². The summed E-state index contributed by atoms with van der Waals surface area (Å²) in [5.41, 5.74) is 5.72. The van der Waals surface area contributed by atoms with E-state index >= 15 is 0 Å². The molecule has 0 bridgehead atoms. The van der Waals surface area contributed by atoms with Crippen molar-refractivity contribution in [1.82, 2.24) is 10.2 Å². The number of nitrogens with zero attached hydrogens (tertiary/aromatic N) is 3. The third-order valence-corrected chi connectivity index (χ3v) is 7.84. The number of rotatable bonds is 8. The Balaban J connectivity index is 1.85. The van der Waals surface area contributed by atoms with E-state index in [4.69, 9.17) is 0 Å². The lowest BCUT2D eigenvalue weighted by molar-refractivity contribution is -0.120. The molecule has 1 heterocycles. The maximum atomic E-state index is 13.4. The molecular weight excluding hydrogens is 436 g/mol. The molecule has 6 nitrogen and oxygen atoms in total. The second-order valence-corrected chi connectivity index (χ2v) is 10.8. The standard InChI is InChI=1S/C29H44N4O2/c1-9-33(24-12-10-23(11-13-24)32(7)8)27-16-22(18(2)3)15-25(21(27)6)28(34)30-17-26-19(4)14-20(5)31-29(26)35/h14-16,18,23-24,26H,9-13,17H2,1-8H3,(H,30,34). The summed E-state index contributed by atoms with van der Waals surface area (Å²) in [6.45, 7) is 13.6. The van der Waals surface area contributed by atoms with Crippen molar-refractivity contribution < 1.29 is 9.59 Å². The molecule has 35 heavy (non-hydrogen) atoms. The predicted molar refractivity (Wildman–Crippen MR) is 146 cm³/mol. The zero-order valence-electron chi connectivity index (χ0n) is 22.9. The monoisotopic (exact) mass is 480 g/mol. The first kappa shape index (κ1) is 27.1. The zero-order valence-corrected chi connectivity index (χ0v) is 22.9. The largest absolute Gasteiger partial charge is 0.369 e. The van der Waals surface area contributed by atoms with Crippen molar-refractivity contribution in [3.8, 4) is 0 Å². The molecule has 0 radical (unpaired) electrons. The number of allylic oxidation sites excluding steroid dienone is 1. The van der Waals surface area contributed by atoms with Gasteiger partial charge in [0.1, 0.15) is 0 Å². The maximum Gasteiger partial charge on any atom is 0.254 e. The number of hydrogen-bond acceptors (Lipinski definition) is 4. The number of benzene rings is 1. The molecule has 192 valence electrons. The van der Waals surface area contributed by atoms with Crippen LogP contribution in [0.2, 0.25) is 0 Å². The van der Waals surface area contributed by atoms with E-state index in [2.05, 4.69) is 68.0 Å². The average molecular weight is 481 g/mol. The minimum absolute atomic E-state index is 0.120. The van der Waals surface area contributed by atoms with Crippen LogP contribution in [-0.2, 0) is 4.79 Å². The van der Waals surface area contributed by atoms with Crippen molar-refractivity contribution in [2.24, 2.45) is 10.9 Å². The van der Waals surface area contributed by atoms with Gasteiger partial charge in [0, 0.05) is 42.1 Å². The maximum absolute atomic E-state index is 13.4. The topological polar surface area (TPSA) is 65.0 Å². The molecule has 3 rings (SSSR count). The van der Waals surface area contributed by atoms with E-state index < -0.39 is 5.92 Å². The van der Waals surface area contributed by atoms with Crippen LogP contribution in [0.3, 0.4) is 0 Å². The van der Waals surface area contributed by atoms with Crippen LogP contribution < -0.4 is 10.2 Å². The van der Waals surface area contributed by atoms with Crippen molar-refractivity contribution in [2.75, 3.05) is 32.1 Å². The number of aliphatic imine (C=N–C) groups is 1. The van der Waals surface area contributed by atoms with Crippen LogP contribution in [0.1, 0.15) is 87.7 Å². The van der Waals surface area contributed by atoms with E-state index in [1.165, 1.54) is 36.9 Å². The predicted octanol–water partition coefficient (Wildman–Crippen LogP) is 5.11.